The Bertz CT molecular complexity index is 873. The molecule has 0 saturated carbocycles. The van der Waals surface area contributed by atoms with E-state index in [1.165, 1.54) is 22.3 Å². The number of aryl methyl sites for hydroxylation is 2. The van der Waals surface area contributed by atoms with Gasteiger partial charge in [0.25, 0.3) is 0 Å². The second-order valence-electron chi connectivity index (χ2n) is 6.15. The van der Waals surface area contributed by atoms with E-state index >= 15 is 0 Å². The van der Waals surface area contributed by atoms with E-state index in [9.17, 15) is 3.89 Å². The van der Waals surface area contributed by atoms with Crippen LogP contribution in [0.3, 0.4) is 0 Å². The van der Waals surface area contributed by atoms with Crippen molar-refractivity contribution in [1.29, 1.82) is 0 Å². The molecule has 0 unspecified atom stereocenters. The van der Waals surface area contributed by atoms with Crippen LogP contribution in [0.25, 0.3) is 22.3 Å². The van der Waals surface area contributed by atoms with Crippen molar-refractivity contribution in [2.45, 2.75) is 25.2 Å². The van der Waals surface area contributed by atoms with E-state index in [-0.39, 0.29) is 0 Å². The first kappa shape index (κ1) is 16.8. The van der Waals surface area contributed by atoms with Crippen molar-refractivity contribution in [2.24, 2.45) is 0 Å². The summed E-state index contributed by atoms with van der Waals surface area (Å²) in [6.45, 7) is 4.33. The van der Waals surface area contributed by atoms with Crippen LogP contribution in [0.15, 0.2) is 65.6 Å². The minimum Gasteiger partial charge on any atom is -0.160 e. The van der Waals surface area contributed by atoms with Crippen LogP contribution in [-0.4, -0.2) is 7.85 Å². The molecule has 0 bridgehead atoms. The third-order valence-electron chi connectivity index (χ3n) is 4.39. The number of rotatable bonds is 4. The lowest BCUT2D eigenvalue weighted by Gasteiger charge is -2.13. The molecule has 24 heavy (non-hydrogen) atoms. The molecule has 0 aliphatic rings. The van der Waals surface area contributed by atoms with Crippen LogP contribution in [0.2, 0.25) is 0 Å². The van der Waals surface area contributed by atoms with E-state index in [1.54, 1.807) is 0 Å². The summed E-state index contributed by atoms with van der Waals surface area (Å²) in [5, 5.41) is 0. The first-order valence-corrected chi connectivity index (χ1v) is 8.93. The molecule has 0 aliphatic heterocycles. The second-order valence-corrected chi connectivity index (χ2v) is 6.78. The molecule has 0 radical (unpaired) electrons. The summed E-state index contributed by atoms with van der Waals surface area (Å²) in [5.41, 5.74) is 8.44. The molecule has 3 heteroatoms. The third-order valence-corrected chi connectivity index (χ3v) is 4.80. The van der Waals surface area contributed by atoms with Crippen molar-refractivity contribution in [2.75, 3.05) is 0 Å². The third kappa shape index (κ3) is 3.41. The summed E-state index contributed by atoms with van der Waals surface area (Å²) >= 11 is 0.301. The Morgan fingerprint density at radius 2 is 1.71 bits per heavy atom. The molecule has 0 spiro atoms. The summed E-state index contributed by atoms with van der Waals surface area (Å²) in [6.07, 6.45) is 1.02. The van der Waals surface area contributed by atoms with Crippen molar-refractivity contribution in [3.63, 3.8) is 0 Å². The van der Waals surface area contributed by atoms with Crippen LogP contribution < -0.4 is 5.46 Å². The molecule has 3 rings (SSSR count). The van der Waals surface area contributed by atoms with E-state index < -0.39 is 0 Å². The molecule has 3 aromatic carbocycles. The maximum atomic E-state index is 13.0. The Morgan fingerprint density at radius 3 is 2.42 bits per heavy atom. The van der Waals surface area contributed by atoms with Crippen molar-refractivity contribution < 1.29 is 3.89 Å². The monoisotopic (exact) mass is 334 g/mol. The zero-order chi connectivity index (χ0) is 17.1. The minimum absolute atomic E-state index is 0.301. The van der Waals surface area contributed by atoms with Gasteiger partial charge in [-0.25, -0.2) is 0 Å². The van der Waals surface area contributed by atoms with E-state index in [2.05, 4.69) is 62.4 Å². The maximum absolute atomic E-state index is 13.0. The molecule has 0 amide bonds. The first-order valence-electron chi connectivity index (χ1n) is 8.22. The second kappa shape index (κ2) is 7.27. The van der Waals surface area contributed by atoms with E-state index in [0.29, 0.717) is 17.0 Å². The van der Waals surface area contributed by atoms with Crippen molar-refractivity contribution in [3.8, 4) is 22.3 Å². The summed E-state index contributed by atoms with van der Waals surface area (Å²) < 4.78 is 13.0. The Kier molecular flexibility index (Phi) is 5.10. The molecule has 0 aliphatic carbocycles. The molecule has 0 N–H and O–H groups in total. The smallest absolute Gasteiger partial charge is 0.139 e. The lowest BCUT2D eigenvalue weighted by atomic mass is 9.89. The van der Waals surface area contributed by atoms with Crippen LogP contribution in [0.1, 0.15) is 18.1 Å². The highest BCUT2D eigenvalue weighted by Crippen LogP contribution is 2.32. The topological polar surface area (TPSA) is 0 Å². The number of halogens is 1. The predicted molar refractivity (Wildman–Crippen MR) is 107 cm³/mol. The lowest BCUT2D eigenvalue weighted by Crippen LogP contribution is -2.02. The molecule has 120 valence electrons. The highest BCUT2D eigenvalue weighted by atomic mass is 32.2. The zero-order valence-electron chi connectivity index (χ0n) is 14.3. The van der Waals surface area contributed by atoms with Crippen molar-refractivity contribution in [1.82, 2.24) is 0 Å². The van der Waals surface area contributed by atoms with E-state index in [1.807, 2.05) is 20.0 Å². The molecule has 0 saturated heterocycles. The molecule has 0 fully saturated rings. The number of benzene rings is 3. The molecule has 0 aromatic heterocycles. The van der Waals surface area contributed by atoms with Gasteiger partial charge in [0.2, 0.25) is 0 Å². The predicted octanol–water partition coefficient (Wildman–Crippen LogP) is 5.13. The van der Waals surface area contributed by atoms with Gasteiger partial charge in [0, 0.05) is 4.90 Å². The average molecular weight is 334 g/mol. The van der Waals surface area contributed by atoms with Gasteiger partial charge in [-0.15, -0.1) is 0 Å². The standard InChI is InChI=1S/C21H20BFS/c1-3-15-6-4-5-7-21(15)20-9-8-16(10-14(20)2)17-11-18(22)13-19(12-17)24-23/h4-13H,3,22H2,1-2H3. The Labute approximate surface area is 148 Å². The van der Waals surface area contributed by atoms with Crippen LogP contribution in [-0.2, 0) is 6.42 Å². The van der Waals surface area contributed by atoms with Crippen LogP contribution in [0, 0.1) is 6.92 Å². The highest BCUT2D eigenvalue weighted by Gasteiger charge is 2.09. The fraction of sp³-hybridized carbons (Fsp3) is 0.143. The fourth-order valence-electron chi connectivity index (χ4n) is 3.20. The summed E-state index contributed by atoms with van der Waals surface area (Å²) in [5.74, 6) is 0. The minimum atomic E-state index is 0.301. The summed E-state index contributed by atoms with van der Waals surface area (Å²) in [6, 6.07) is 21.0. The van der Waals surface area contributed by atoms with Crippen LogP contribution in [0.4, 0.5) is 3.89 Å². The molecular formula is C21H20BFS. The Hall–Kier alpha value is -2.00. The fourth-order valence-corrected chi connectivity index (χ4v) is 3.60. The lowest BCUT2D eigenvalue weighted by molar-refractivity contribution is 0.934. The Balaban J connectivity index is 2.06. The van der Waals surface area contributed by atoms with Gasteiger partial charge in [-0.1, -0.05) is 67.0 Å². The SMILES string of the molecule is Bc1cc(SF)cc(-c2ccc(-c3ccccc3CC)c(C)c2)c1. The largest absolute Gasteiger partial charge is 0.160 e. The van der Waals surface area contributed by atoms with Crippen molar-refractivity contribution in [3.05, 3.63) is 71.8 Å². The maximum Gasteiger partial charge on any atom is 0.139 e. The average Bonchev–Trinajstić information content (AvgIpc) is 2.61. The summed E-state index contributed by atoms with van der Waals surface area (Å²) in [7, 11) is 2.00. The quantitative estimate of drug-likeness (QED) is 0.596. The van der Waals surface area contributed by atoms with Crippen molar-refractivity contribution >= 4 is 25.5 Å². The van der Waals surface area contributed by atoms with Crippen LogP contribution in [0.5, 0.6) is 0 Å². The van der Waals surface area contributed by atoms with Gasteiger partial charge in [0.05, 0.1) is 12.1 Å². The van der Waals surface area contributed by atoms with Crippen LogP contribution >= 0.6 is 12.1 Å². The highest BCUT2D eigenvalue weighted by molar-refractivity contribution is 7.94. The van der Waals surface area contributed by atoms with E-state index in [0.717, 1.165) is 23.0 Å². The van der Waals surface area contributed by atoms with Gasteiger partial charge in [-0.3, -0.25) is 0 Å². The number of hydrogen-bond donors (Lipinski definition) is 0. The van der Waals surface area contributed by atoms with Gasteiger partial charge in [-0.05, 0) is 52.8 Å². The molecule has 0 atom stereocenters. The Morgan fingerprint density at radius 1 is 0.917 bits per heavy atom. The molecule has 0 nitrogen and oxygen atoms in total. The summed E-state index contributed by atoms with van der Waals surface area (Å²) in [4.78, 5) is 0.656. The normalized spacial score (nSPS) is 10.8. The molecular weight excluding hydrogens is 314 g/mol. The van der Waals surface area contributed by atoms with Gasteiger partial charge in [0.1, 0.15) is 7.85 Å². The molecule has 3 aromatic rings. The number of hydrogen-bond acceptors (Lipinski definition) is 1. The van der Waals surface area contributed by atoms with Gasteiger partial charge in [-0.2, -0.15) is 3.89 Å². The van der Waals surface area contributed by atoms with Gasteiger partial charge >= 0.3 is 0 Å². The molecule has 0 heterocycles. The first-order chi connectivity index (χ1) is 11.6. The zero-order valence-corrected chi connectivity index (χ0v) is 15.1. The van der Waals surface area contributed by atoms with Gasteiger partial charge in [0.15, 0.2) is 0 Å². The van der Waals surface area contributed by atoms with Gasteiger partial charge < -0.3 is 0 Å². The van der Waals surface area contributed by atoms with E-state index in [4.69, 9.17) is 0 Å².